The van der Waals surface area contributed by atoms with Gasteiger partial charge in [-0.05, 0) is 31.2 Å². The van der Waals surface area contributed by atoms with Crippen LogP contribution in [0.1, 0.15) is 11.4 Å². The molecule has 0 aliphatic rings. The van der Waals surface area contributed by atoms with Crippen molar-refractivity contribution in [3.8, 4) is 0 Å². The molecule has 0 aliphatic heterocycles. The summed E-state index contributed by atoms with van der Waals surface area (Å²) in [6.07, 6.45) is 0. The summed E-state index contributed by atoms with van der Waals surface area (Å²) in [5, 5.41) is 0. The predicted molar refractivity (Wildman–Crippen MR) is 72.2 cm³/mol. The molecule has 2 aromatic heterocycles. The lowest BCUT2D eigenvalue weighted by Gasteiger charge is -2.06. The monoisotopic (exact) mass is 238 g/mol. The van der Waals surface area contributed by atoms with E-state index in [1.165, 1.54) is 0 Å². The van der Waals surface area contributed by atoms with Crippen LogP contribution in [0.2, 0.25) is 0 Å². The van der Waals surface area contributed by atoms with Gasteiger partial charge in [0.2, 0.25) is 5.95 Å². The van der Waals surface area contributed by atoms with Crippen LogP contribution in [0, 0.1) is 6.92 Å². The molecule has 4 nitrogen and oxygen atoms in total. The first-order valence-electron chi connectivity index (χ1n) is 5.87. The zero-order valence-corrected chi connectivity index (χ0v) is 10.2. The Morgan fingerprint density at radius 1 is 1.06 bits per heavy atom. The Bertz CT molecular complexity index is 700. The van der Waals surface area contributed by atoms with Crippen LogP contribution in [0.4, 0.5) is 5.95 Å². The number of nitrogen functional groups attached to an aromatic ring is 1. The number of benzene rings is 1. The molecule has 1 aromatic carbocycles. The fourth-order valence-corrected chi connectivity index (χ4v) is 2.11. The zero-order chi connectivity index (χ0) is 12.5. The van der Waals surface area contributed by atoms with Gasteiger partial charge in [-0.2, -0.15) is 0 Å². The van der Waals surface area contributed by atoms with Gasteiger partial charge in [-0.1, -0.05) is 18.2 Å². The molecule has 2 N–H and O–H groups in total. The number of anilines is 1. The van der Waals surface area contributed by atoms with E-state index in [9.17, 15) is 0 Å². The summed E-state index contributed by atoms with van der Waals surface area (Å²) in [6.45, 7) is 2.63. The van der Waals surface area contributed by atoms with E-state index in [2.05, 4.69) is 9.97 Å². The Hall–Kier alpha value is -2.36. The second-order valence-electron chi connectivity index (χ2n) is 4.32. The number of fused-ring (bicyclic) bond motifs is 1. The fraction of sp³-hybridized carbons (Fsp3) is 0.143. The van der Waals surface area contributed by atoms with Gasteiger partial charge in [0, 0.05) is 5.69 Å². The maximum atomic E-state index is 5.96. The molecule has 0 unspecified atom stereocenters. The summed E-state index contributed by atoms with van der Waals surface area (Å²) in [5.74, 6) is 0.527. The van der Waals surface area contributed by atoms with Crippen LogP contribution in [0.15, 0.2) is 42.5 Å². The SMILES string of the molecule is Cc1cccc(Cn2c(N)nc3ccccc32)n1. The summed E-state index contributed by atoms with van der Waals surface area (Å²) in [5.41, 5.74) is 9.92. The Morgan fingerprint density at radius 3 is 2.72 bits per heavy atom. The van der Waals surface area contributed by atoms with Gasteiger partial charge in [0.25, 0.3) is 0 Å². The van der Waals surface area contributed by atoms with Gasteiger partial charge in [0.05, 0.1) is 23.3 Å². The largest absolute Gasteiger partial charge is 0.369 e. The molecule has 0 saturated carbocycles. The lowest BCUT2D eigenvalue weighted by atomic mass is 10.3. The number of para-hydroxylation sites is 2. The van der Waals surface area contributed by atoms with Crippen molar-refractivity contribution in [2.45, 2.75) is 13.5 Å². The average Bonchev–Trinajstić information content (AvgIpc) is 2.66. The molecule has 3 aromatic rings. The number of hydrogen-bond donors (Lipinski definition) is 1. The lowest BCUT2D eigenvalue weighted by molar-refractivity contribution is 0.804. The van der Waals surface area contributed by atoms with Crippen molar-refractivity contribution >= 4 is 17.0 Å². The lowest BCUT2D eigenvalue weighted by Crippen LogP contribution is -2.06. The number of aryl methyl sites for hydroxylation is 1. The summed E-state index contributed by atoms with van der Waals surface area (Å²) in [6, 6.07) is 13.9. The Labute approximate surface area is 105 Å². The van der Waals surface area contributed by atoms with Gasteiger partial charge in [-0.25, -0.2) is 4.98 Å². The van der Waals surface area contributed by atoms with Crippen LogP contribution < -0.4 is 5.73 Å². The second-order valence-corrected chi connectivity index (χ2v) is 4.32. The van der Waals surface area contributed by atoms with Crippen molar-refractivity contribution < 1.29 is 0 Å². The summed E-state index contributed by atoms with van der Waals surface area (Å²) < 4.78 is 1.98. The van der Waals surface area contributed by atoms with Crippen LogP contribution in [-0.2, 0) is 6.54 Å². The first kappa shape index (κ1) is 10.8. The van der Waals surface area contributed by atoms with Gasteiger partial charge in [-0.3, -0.25) is 4.98 Å². The summed E-state index contributed by atoms with van der Waals surface area (Å²) in [4.78, 5) is 8.84. The first-order valence-corrected chi connectivity index (χ1v) is 5.87. The van der Waals surface area contributed by atoms with E-state index in [0.29, 0.717) is 12.5 Å². The number of rotatable bonds is 2. The molecule has 0 amide bonds. The van der Waals surface area contributed by atoms with Crippen molar-refractivity contribution in [1.29, 1.82) is 0 Å². The molecule has 0 spiro atoms. The second kappa shape index (κ2) is 4.14. The molecule has 0 saturated heterocycles. The van der Waals surface area contributed by atoms with Gasteiger partial charge < -0.3 is 10.3 Å². The van der Waals surface area contributed by atoms with Crippen LogP contribution in [0.5, 0.6) is 0 Å². The van der Waals surface area contributed by atoms with E-state index < -0.39 is 0 Å². The number of imidazole rings is 1. The van der Waals surface area contributed by atoms with Crippen molar-refractivity contribution in [3.63, 3.8) is 0 Å². The number of nitrogens with two attached hydrogens (primary N) is 1. The standard InChI is InChI=1S/C14H14N4/c1-10-5-4-6-11(16-10)9-18-13-8-3-2-7-12(13)17-14(18)15/h2-8H,9H2,1H3,(H2,15,17). The van der Waals surface area contributed by atoms with Gasteiger partial charge >= 0.3 is 0 Å². The van der Waals surface area contributed by atoms with Crippen molar-refractivity contribution in [1.82, 2.24) is 14.5 Å². The molecular weight excluding hydrogens is 224 g/mol. The van der Waals surface area contributed by atoms with Crippen LogP contribution in [-0.4, -0.2) is 14.5 Å². The van der Waals surface area contributed by atoms with Crippen molar-refractivity contribution in [2.24, 2.45) is 0 Å². The van der Waals surface area contributed by atoms with E-state index in [1.807, 2.05) is 54.0 Å². The predicted octanol–water partition coefficient (Wildman–Crippen LogP) is 2.37. The first-order chi connectivity index (χ1) is 8.74. The van der Waals surface area contributed by atoms with Gasteiger partial charge in [0.1, 0.15) is 0 Å². The highest BCUT2D eigenvalue weighted by atomic mass is 15.2. The molecule has 0 aliphatic carbocycles. The number of hydrogen-bond acceptors (Lipinski definition) is 3. The molecule has 0 fully saturated rings. The highest BCUT2D eigenvalue weighted by molar-refractivity contribution is 5.78. The number of aromatic nitrogens is 3. The van der Waals surface area contributed by atoms with E-state index in [1.54, 1.807) is 0 Å². The third kappa shape index (κ3) is 1.82. The summed E-state index contributed by atoms with van der Waals surface area (Å²) in [7, 11) is 0. The molecular formula is C14H14N4. The topological polar surface area (TPSA) is 56.7 Å². The van der Waals surface area contributed by atoms with Crippen LogP contribution in [0.3, 0.4) is 0 Å². The zero-order valence-electron chi connectivity index (χ0n) is 10.2. The molecule has 2 heterocycles. The van der Waals surface area contributed by atoms with E-state index >= 15 is 0 Å². The molecule has 0 radical (unpaired) electrons. The van der Waals surface area contributed by atoms with Crippen molar-refractivity contribution in [3.05, 3.63) is 53.9 Å². The molecule has 4 heteroatoms. The number of nitrogens with zero attached hydrogens (tertiary/aromatic N) is 3. The van der Waals surface area contributed by atoms with E-state index in [4.69, 9.17) is 5.73 Å². The highest BCUT2D eigenvalue weighted by Crippen LogP contribution is 2.18. The molecule has 18 heavy (non-hydrogen) atoms. The fourth-order valence-electron chi connectivity index (χ4n) is 2.11. The van der Waals surface area contributed by atoms with Crippen LogP contribution in [0.25, 0.3) is 11.0 Å². The summed E-state index contributed by atoms with van der Waals surface area (Å²) >= 11 is 0. The average molecular weight is 238 g/mol. The van der Waals surface area contributed by atoms with E-state index in [0.717, 1.165) is 22.4 Å². The van der Waals surface area contributed by atoms with Gasteiger partial charge in [-0.15, -0.1) is 0 Å². The maximum Gasteiger partial charge on any atom is 0.201 e. The Balaban J connectivity index is 2.07. The van der Waals surface area contributed by atoms with Crippen molar-refractivity contribution in [2.75, 3.05) is 5.73 Å². The molecule has 0 bridgehead atoms. The Morgan fingerprint density at radius 2 is 1.89 bits per heavy atom. The van der Waals surface area contributed by atoms with E-state index in [-0.39, 0.29) is 0 Å². The van der Waals surface area contributed by atoms with Gasteiger partial charge in [0.15, 0.2) is 0 Å². The number of pyridine rings is 1. The maximum absolute atomic E-state index is 5.96. The third-order valence-electron chi connectivity index (χ3n) is 2.95. The normalized spacial score (nSPS) is 10.9. The quantitative estimate of drug-likeness (QED) is 0.745. The molecule has 3 rings (SSSR count). The minimum absolute atomic E-state index is 0.527. The highest BCUT2D eigenvalue weighted by Gasteiger charge is 2.08. The smallest absolute Gasteiger partial charge is 0.201 e. The minimum Gasteiger partial charge on any atom is -0.369 e. The van der Waals surface area contributed by atoms with Crippen LogP contribution >= 0.6 is 0 Å². The molecule has 90 valence electrons. The third-order valence-corrected chi connectivity index (χ3v) is 2.95. The Kier molecular flexibility index (Phi) is 2.48. The minimum atomic E-state index is 0.527. The molecule has 0 atom stereocenters.